The van der Waals surface area contributed by atoms with Gasteiger partial charge in [0.2, 0.25) is 0 Å². The van der Waals surface area contributed by atoms with Gasteiger partial charge in [0.15, 0.2) is 5.79 Å². The molecule has 0 aliphatic carbocycles. The number of aliphatic hydroxyl groups is 1. The van der Waals surface area contributed by atoms with Gasteiger partial charge < -0.3 is 19.3 Å². The number of hydrogen-bond acceptors (Lipinski definition) is 6. The van der Waals surface area contributed by atoms with Crippen LogP contribution in [0.2, 0.25) is 0 Å². The van der Waals surface area contributed by atoms with Gasteiger partial charge >= 0.3 is 5.97 Å². The highest BCUT2D eigenvalue weighted by Crippen LogP contribution is 2.48. The normalized spacial score (nSPS) is 29.6. The van der Waals surface area contributed by atoms with E-state index >= 15 is 0 Å². The summed E-state index contributed by atoms with van der Waals surface area (Å²) >= 11 is 0. The van der Waals surface area contributed by atoms with Gasteiger partial charge in [-0.15, -0.1) is 0 Å². The fraction of sp³-hybridized carbons (Fsp3) is 0.938. The molecule has 0 aromatic carbocycles. The standard InChI is InChI=1S/C16H29NO5/c1-12(19)20-8-13-9-21-16(22-13)10-14(2,3)17(6-7-18)15(4,5)11-16/h13,18H,6-11H2,1-5H3. The van der Waals surface area contributed by atoms with Crippen molar-refractivity contribution in [1.29, 1.82) is 0 Å². The number of carbonyl (C=O) groups is 1. The van der Waals surface area contributed by atoms with Crippen molar-refractivity contribution in [3.63, 3.8) is 0 Å². The number of ether oxygens (including phenoxy) is 3. The quantitative estimate of drug-likeness (QED) is 0.789. The Kier molecular flexibility index (Phi) is 4.88. The first-order valence-corrected chi connectivity index (χ1v) is 7.94. The van der Waals surface area contributed by atoms with Gasteiger partial charge in [0.1, 0.15) is 12.7 Å². The zero-order valence-corrected chi connectivity index (χ0v) is 14.3. The van der Waals surface area contributed by atoms with E-state index < -0.39 is 5.79 Å². The maximum absolute atomic E-state index is 10.9. The molecule has 1 unspecified atom stereocenters. The van der Waals surface area contributed by atoms with E-state index in [2.05, 4.69) is 32.6 Å². The van der Waals surface area contributed by atoms with Crippen LogP contribution in [0.4, 0.5) is 0 Å². The number of esters is 1. The molecule has 0 radical (unpaired) electrons. The largest absolute Gasteiger partial charge is 0.463 e. The molecule has 2 heterocycles. The van der Waals surface area contributed by atoms with Crippen molar-refractivity contribution in [2.75, 3.05) is 26.4 Å². The summed E-state index contributed by atoms with van der Waals surface area (Å²) in [5.41, 5.74) is -0.304. The summed E-state index contributed by atoms with van der Waals surface area (Å²) in [5.74, 6) is -0.938. The first-order chi connectivity index (χ1) is 10.1. The second kappa shape index (κ2) is 6.07. The molecule has 6 heteroatoms. The Bertz CT molecular complexity index is 403. The minimum atomic E-state index is -0.635. The van der Waals surface area contributed by atoms with E-state index in [-0.39, 0.29) is 36.4 Å². The number of aliphatic hydroxyl groups excluding tert-OH is 1. The highest BCUT2D eigenvalue weighted by Gasteiger charge is 2.56. The number of hydrogen-bond donors (Lipinski definition) is 1. The van der Waals surface area contributed by atoms with E-state index in [0.29, 0.717) is 13.2 Å². The number of piperidine rings is 1. The molecule has 0 saturated carbocycles. The average Bonchev–Trinajstić information content (AvgIpc) is 2.73. The van der Waals surface area contributed by atoms with Crippen LogP contribution in [-0.2, 0) is 19.0 Å². The summed E-state index contributed by atoms with van der Waals surface area (Å²) < 4.78 is 17.2. The Morgan fingerprint density at radius 3 is 2.36 bits per heavy atom. The van der Waals surface area contributed by atoms with E-state index in [1.807, 2.05) is 0 Å². The minimum absolute atomic E-state index is 0.136. The highest BCUT2D eigenvalue weighted by molar-refractivity contribution is 5.65. The molecule has 2 fully saturated rings. The predicted octanol–water partition coefficient (Wildman–Crippen LogP) is 1.31. The molecule has 1 atom stereocenters. The van der Waals surface area contributed by atoms with E-state index in [4.69, 9.17) is 14.2 Å². The van der Waals surface area contributed by atoms with Crippen molar-refractivity contribution >= 4 is 5.97 Å². The van der Waals surface area contributed by atoms with Gasteiger partial charge in [0.25, 0.3) is 0 Å². The first kappa shape index (κ1) is 17.7. The monoisotopic (exact) mass is 315 g/mol. The Balaban J connectivity index is 2.09. The van der Waals surface area contributed by atoms with Crippen molar-refractivity contribution in [1.82, 2.24) is 4.90 Å². The molecule has 2 aliphatic heterocycles. The number of β-amino-alcohol motifs (C(OH)–C–C–N with tert-alkyl or cyclic N) is 1. The SMILES string of the molecule is CC(=O)OCC1COC2(CC(C)(C)N(CCO)C(C)(C)C2)O1. The van der Waals surface area contributed by atoms with E-state index in [1.165, 1.54) is 6.92 Å². The molecule has 6 nitrogen and oxygen atoms in total. The topological polar surface area (TPSA) is 68.2 Å². The fourth-order valence-corrected chi connectivity index (χ4v) is 4.19. The van der Waals surface area contributed by atoms with Crippen LogP contribution in [0.3, 0.4) is 0 Å². The lowest BCUT2D eigenvalue weighted by Gasteiger charge is -2.57. The van der Waals surface area contributed by atoms with Gasteiger partial charge in [-0.25, -0.2) is 0 Å². The van der Waals surface area contributed by atoms with Crippen LogP contribution in [-0.4, -0.2) is 65.3 Å². The average molecular weight is 315 g/mol. The maximum atomic E-state index is 10.9. The van der Waals surface area contributed by atoms with Crippen molar-refractivity contribution < 1.29 is 24.1 Å². The second-order valence-electron chi connectivity index (χ2n) is 7.62. The Labute approximate surface area is 132 Å². The van der Waals surface area contributed by atoms with Crippen LogP contribution < -0.4 is 0 Å². The summed E-state index contributed by atoms with van der Waals surface area (Å²) in [4.78, 5) is 13.3. The lowest BCUT2D eigenvalue weighted by Crippen LogP contribution is -2.66. The molecular formula is C16H29NO5. The van der Waals surface area contributed by atoms with Crippen LogP contribution in [0.15, 0.2) is 0 Å². The van der Waals surface area contributed by atoms with Gasteiger partial charge in [-0.2, -0.15) is 0 Å². The molecule has 0 amide bonds. The Hall–Kier alpha value is -0.690. The summed E-state index contributed by atoms with van der Waals surface area (Å²) in [6.07, 6.45) is 1.24. The molecule has 1 spiro atoms. The smallest absolute Gasteiger partial charge is 0.302 e. The van der Waals surface area contributed by atoms with Crippen molar-refractivity contribution in [2.45, 2.75) is 70.4 Å². The van der Waals surface area contributed by atoms with Gasteiger partial charge in [0.05, 0.1) is 13.2 Å². The minimum Gasteiger partial charge on any atom is -0.463 e. The predicted molar refractivity (Wildman–Crippen MR) is 81.4 cm³/mol. The van der Waals surface area contributed by atoms with Crippen molar-refractivity contribution in [3.8, 4) is 0 Å². The molecular weight excluding hydrogens is 286 g/mol. The van der Waals surface area contributed by atoms with Gasteiger partial charge in [0, 0.05) is 37.4 Å². The lowest BCUT2D eigenvalue weighted by molar-refractivity contribution is -0.248. The number of carbonyl (C=O) groups excluding carboxylic acids is 1. The zero-order valence-electron chi connectivity index (χ0n) is 14.3. The lowest BCUT2D eigenvalue weighted by atomic mass is 9.76. The number of likely N-dealkylation sites (tertiary alicyclic amines) is 1. The van der Waals surface area contributed by atoms with Crippen molar-refractivity contribution in [3.05, 3.63) is 0 Å². The van der Waals surface area contributed by atoms with Gasteiger partial charge in [-0.3, -0.25) is 9.69 Å². The molecule has 0 aromatic heterocycles. The summed E-state index contributed by atoms with van der Waals surface area (Å²) in [7, 11) is 0. The number of rotatable bonds is 4. The van der Waals surface area contributed by atoms with E-state index in [9.17, 15) is 9.90 Å². The maximum Gasteiger partial charge on any atom is 0.302 e. The van der Waals surface area contributed by atoms with E-state index in [1.54, 1.807) is 0 Å². The molecule has 22 heavy (non-hydrogen) atoms. The van der Waals surface area contributed by atoms with Crippen LogP contribution in [0.5, 0.6) is 0 Å². The molecule has 2 aliphatic rings. The molecule has 2 saturated heterocycles. The molecule has 0 aromatic rings. The zero-order chi connectivity index (χ0) is 16.6. The Morgan fingerprint density at radius 2 is 1.86 bits per heavy atom. The highest BCUT2D eigenvalue weighted by atomic mass is 16.8. The summed E-state index contributed by atoms with van der Waals surface area (Å²) in [6.45, 7) is 11.4. The summed E-state index contributed by atoms with van der Waals surface area (Å²) in [5, 5.41) is 9.35. The van der Waals surface area contributed by atoms with Crippen molar-refractivity contribution in [2.24, 2.45) is 0 Å². The Morgan fingerprint density at radius 1 is 1.27 bits per heavy atom. The van der Waals surface area contributed by atoms with Gasteiger partial charge in [-0.05, 0) is 27.7 Å². The first-order valence-electron chi connectivity index (χ1n) is 7.94. The molecule has 128 valence electrons. The molecule has 2 rings (SSSR count). The third kappa shape index (κ3) is 3.62. The van der Waals surface area contributed by atoms with E-state index in [0.717, 1.165) is 12.8 Å². The van der Waals surface area contributed by atoms with Crippen LogP contribution in [0, 0.1) is 0 Å². The van der Waals surface area contributed by atoms with Crippen LogP contribution >= 0.6 is 0 Å². The third-order valence-corrected chi connectivity index (χ3v) is 4.58. The second-order valence-corrected chi connectivity index (χ2v) is 7.62. The number of nitrogens with zero attached hydrogens (tertiary/aromatic N) is 1. The fourth-order valence-electron chi connectivity index (χ4n) is 4.19. The molecule has 1 N–H and O–H groups in total. The third-order valence-electron chi connectivity index (χ3n) is 4.58. The van der Waals surface area contributed by atoms with Gasteiger partial charge in [-0.1, -0.05) is 0 Å². The van der Waals surface area contributed by atoms with Crippen LogP contribution in [0.1, 0.15) is 47.5 Å². The summed E-state index contributed by atoms with van der Waals surface area (Å²) in [6, 6.07) is 0. The van der Waals surface area contributed by atoms with Crippen LogP contribution in [0.25, 0.3) is 0 Å². The molecule has 0 bridgehead atoms.